The monoisotopic (exact) mass is 256 g/mol. The first-order valence-electron chi connectivity index (χ1n) is 7.50. The average Bonchev–Trinajstić information content (AvgIpc) is 2.29. The van der Waals surface area contributed by atoms with Crippen LogP contribution in [0.1, 0.15) is 47.5 Å². The van der Waals surface area contributed by atoms with E-state index in [1.807, 2.05) is 0 Å². The summed E-state index contributed by atoms with van der Waals surface area (Å²) in [7, 11) is 0. The summed E-state index contributed by atoms with van der Waals surface area (Å²) in [5.41, 5.74) is 0.344. The molecule has 2 atom stereocenters. The van der Waals surface area contributed by atoms with Crippen molar-refractivity contribution in [3.05, 3.63) is 0 Å². The number of rotatable bonds is 6. The minimum absolute atomic E-state index is 0.344. The Bertz CT molecular complexity index is 225. The summed E-state index contributed by atoms with van der Waals surface area (Å²) in [6, 6.07) is 1.25. The molecule has 1 N–H and O–H groups in total. The van der Waals surface area contributed by atoms with Crippen molar-refractivity contribution in [3.63, 3.8) is 0 Å². The van der Waals surface area contributed by atoms with Crippen LogP contribution < -0.4 is 5.32 Å². The van der Waals surface area contributed by atoms with Gasteiger partial charge in [0.1, 0.15) is 0 Å². The molecule has 1 aliphatic heterocycles. The normalized spacial score (nSPS) is 26.5. The third-order valence-corrected chi connectivity index (χ3v) is 3.83. The highest BCUT2D eigenvalue weighted by molar-refractivity contribution is 4.90. The van der Waals surface area contributed by atoms with E-state index in [1.54, 1.807) is 0 Å². The zero-order valence-electron chi connectivity index (χ0n) is 13.0. The van der Waals surface area contributed by atoms with Gasteiger partial charge in [0.2, 0.25) is 0 Å². The molecule has 0 aromatic rings. The highest BCUT2D eigenvalue weighted by atomic mass is 16.5. The van der Waals surface area contributed by atoms with E-state index in [4.69, 9.17) is 4.74 Å². The standard InChI is InChI=1S/C15H32N2O/c1-6-9-18-10-7-8-17-12-14(15(3,4)5)16-11-13(17)2/h13-14,16H,6-12H2,1-5H3. The van der Waals surface area contributed by atoms with Crippen LogP contribution in [0.3, 0.4) is 0 Å². The van der Waals surface area contributed by atoms with Crippen LogP contribution in [0.2, 0.25) is 0 Å². The van der Waals surface area contributed by atoms with Crippen molar-refractivity contribution in [3.8, 4) is 0 Å². The van der Waals surface area contributed by atoms with Gasteiger partial charge in [0.05, 0.1) is 0 Å². The number of ether oxygens (including phenoxy) is 1. The fourth-order valence-electron chi connectivity index (χ4n) is 2.43. The first-order valence-corrected chi connectivity index (χ1v) is 7.50. The van der Waals surface area contributed by atoms with Crippen molar-refractivity contribution in [1.29, 1.82) is 0 Å². The predicted molar refractivity (Wildman–Crippen MR) is 78.0 cm³/mol. The van der Waals surface area contributed by atoms with Gasteiger partial charge in [0.25, 0.3) is 0 Å². The Labute approximate surface area is 113 Å². The Balaban J connectivity index is 2.29. The average molecular weight is 256 g/mol. The van der Waals surface area contributed by atoms with E-state index >= 15 is 0 Å². The van der Waals surface area contributed by atoms with Crippen molar-refractivity contribution in [2.45, 2.75) is 59.5 Å². The van der Waals surface area contributed by atoms with Gasteiger partial charge in [-0.1, -0.05) is 27.7 Å². The van der Waals surface area contributed by atoms with E-state index in [-0.39, 0.29) is 0 Å². The summed E-state index contributed by atoms with van der Waals surface area (Å²) in [4.78, 5) is 2.61. The lowest BCUT2D eigenvalue weighted by Gasteiger charge is -2.44. The maximum Gasteiger partial charge on any atom is 0.0478 e. The maximum absolute atomic E-state index is 5.56. The van der Waals surface area contributed by atoms with Crippen LogP contribution in [0.5, 0.6) is 0 Å². The minimum atomic E-state index is 0.344. The second-order valence-electron chi connectivity index (χ2n) is 6.64. The van der Waals surface area contributed by atoms with Crippen LogP contribution in [0.25, 0.3) is 0 Å². The molecule has 0 bridgehead atoms. The number of nitrogens with one attached hydrogen (secondary N) is 1. The van der Waals surface area contributed by atoms with Crippen molar-refractivity contribution >= 4 is 0 Å². The number of piperazine rings is 1. The van der Waals surface area contributed by atoms with E-state index in [9.17, 15) is 0 Å². The number of nitrogens with zero attached hydrogens (tertiary/aromatic N) is 1. The predicted octanol–water partition coefficient (Wildman–Crippen LogP) is 2.51. The smallest absolute Gasteiger partial charge is 0.0478 e. The molecule has 1 aliphatic rings. The van der Waals surface area contributed by atoms with Gasteiger partial charge in [-0.2, -0.15) is 0 Å². The largest absolute Gasteiger partial charge is 0.381 e. The van der Waals surface area contributed by atoms with Crippen molar-refractivity contribution in [2.24, 2.45) is 5.41 Å². The van der Waals surface area contributed by atoms with E-state index in [2.05, 4.69) is 44.8 Å². The molecule has 0 radical (unpaired) electrons. The fourth-order valence-corrected chi connectivity index (χ4v) is 2.43. The molecule has 0 amide bonds. The van der Waals surface area contributed by atoms with E-state index in [0.29, 0.717) is 17.5 Å². The Hall–Kier alpha value is -0.120. The molecule has 3 heteroatoms. The molecule has 0 spiro atoms. The first-order chi connectivity index (χ1) is 8.45. The Morgan fingerprint density at radius 3 is 2.61 bits per heavy atom. The van der Waals surface area contributed by atoms with Crippen LogP contribution in [0, 0.1) is 5.41 Å². The molecule has 18 heavy (non-hydrogen) atoms. The van der Waals surface area contributed by atoms with Crippen LogP contribution in [0.15, 0.2) is 0 Å². The van der Waals surface area contributed by atoms with Gasteiger partial charge in [-0.15, -0.1) is 0 Å². The molecule has 3 nitrogen and oxygen atoms in total. The van der Waals surface area contributed by atoms with Crippen LogP contribution in [-0.2, 0) is 4.74 Å². The van der Waals surface area contributed by atoms with Crippen LogP contribution in [0.4, 0.5) is 0 Å². The maximum atomic E-state index is 5.56. The zero-order chi connectivity index (χ0) is 13.6. The molecule has 108 valence electrons. The quantitative estimate of drug-likeness (QED) is 0.739. The molecule has 1 saturated heterocycles. The second kappa shape index (κ2) is 7.46. The number of hydrogen-bond donors (Lipinski definition) is 1. The minimum Gasteiger partial charge on any atom is -0.381 e. The summed E-state index contributed by atoms with van der Waals surface area (Å²) >= 11 is 0. The van der Waals surface area contributed by atoms with Gasteiger partial charge in [-0.05, 0) is 25.2 Å². The van der Waals surface area contributed by atoms with E-state index in [0.717, 1.165) is 32.6 Å². The molecule has 0 aromatic carbocycles. The second-order valence-corrected chi connectivity index (χ2v) is 6.64. The molecular weight excluding hydrogens is 224 g/mol. The molecule has 1 rings (SSSR count). The first kappa shape index (κ1) is 15.9. The molecular formula is C15H32N2O. The van der Waals surface area contributed by atoms with Crippen LogP contribution in [-0.4, -0.2) is 49.8 Å². The Morgan fingerprint density at radius 2 is 2.00 bits per heavy atom. The zero-order valence-corrected chi connectivity index (χ0v) is 13.0. The SMILES string of the molecule is CCCOCCCN1CC(C(C)(C)C)NCC1C. The Kier molecular flexibility index (Phi) is 6.61. The molecule has 0 saturated carbocycles. The Morgan fingerprint density at radius 1 is 1.28 bits per heavy atom. The van der Waals surface area contributed by atoms with Crippen molar-refractivity contribution in [1.82, 2.24) is 10.2 Å². The molecule has 2 unspecified atom stereocenters. The summed E-state index contributed by atoms with van der Waals surface area (Å²) < 4.78 is 5.56. The topological polar surface area (TPSA) is 24.5 Å². The van der Waals surface area contributed by atoms with Gasteiger partial charge in [-0.25, -0.2) is 0 Å². The lowest BCUT2D eigenvalue weighted by molar-refractivity contribution is 0.0746. The third kappa shape index (κ3) is 5.25. The highest BCUT2D eigenvalue weighted by Gasteiger charge is 2.31. The lowest BCUT2D eigenvalue weighted by Crippen LogP contribution is -2.59. The van der Waals surface area contributed by atoms with Crippen molar-refractivity contribution < 1.29 is 4.74 Å². The lowest BCUT2D eigenvalue weighted by atomic mass is 9.85. The van der Waals surface area contributed by atoms with Crippen LogP contribution >= 0.6 is 0 Å². The van der Waals surface area contributed by atoms with Gasteiger partial charge in [0.15, 0.2) is 0 Å². The fraction of sp³-hybridized carbons (Fsp3) is 1.00. The molecule has 0 aromatic heterocycles. The summed E-state index contributed by atoms with van der Waals surface area (Å²) in [6.07, 6.45) is 2.28. The number of hydrogen-bond acceptors (Lipinski definition) is 3. The highest BCUT2D eigenvalue weighted by Crippen LogP contribution is 2.23. The molecule has 1 fully saturated rings. The van der Waals surface area contributed by atoms with Gasteiger partial charge in [-0.3, -0.25) is 4.90 Å². The van der Waals surface area contributed by atoms with Gasteiger partial charge < -0.3 is 10.1 Å². The van der Waals surface area contributed by atoms with Crippen molar-refractivity contribution in [2.75, 3.05) is 32.8 Å². The summed E-state index contributed by atoms with van der Waals surface area (Å²) in [5.74, 6) is 0. The molecule has 0 aliphatic carbocycles. The third-order valence-electron chi connectivity index (χ3n) is 3.83. The molecule has 1 heterocycles. The van der Waals surface area contributed by atoms with Gasteiger partial charge in [0, 0.05) is 44.9 Å². The van der Waals surface area contributed by atoms with Gasteiger partial charge >= 0.3 is 0 Å². The van der Waals surface area contributed by atoms with E-state index < -0.39 is 0 Å². The summed E-state index contributed by atoms with van der Waals surface area (Å²) in [6.45, 7) is 16.7. The summed E-state index contributed by atoms with van der Waals surface area (Å²) in [5, 5.41) is 3.68. The van der Waals surface area contributed by atoms with E-state index in [1.165, 1.54) is 13.1 Å².